The Hall–Kier alpha value is -0.610. The van der Waals surface area contributed by atoms with Crippen molar-refractivity contribution in [2.75, 3.05) is 13.1 Å². The standard InChI is InChI=1S/C14H27N3O/c1-2-11-10-16-9-8-14(11,13(15)18)17-12-6-4-3-5-7-12/h11-12,16-17H,2-10H2,1H3,(H2,15,18). The minimum atomic E-state index is -0.470. The molecule has 0 spiro atoms. The van der Waals surface area contributed by atoms with E-state index in [9.17, 15) is 4.79 Å². The average molecular weight is 253 g/mol. The van der Waals surface area contributed by atoms with Crippen LogP contribution in [0.4, 0.5) is 0 Å². The van der Waals surface area contributed by atoms with Crippen molar-refractivity contribution in [3.63, 3.8) is 0 Å². The normalized spacial score (nSPS) is 34.4. The van der Waals surface area contributed by atoms with Crippen LogP contribution in [0.25, 0.3) is 0 Å². The number of carbonyl (C=O) groups is 1. The van der Waals surface area contributed by atoms with Gasteiger partial charge >= 0.3 is 0 Å². The van der Waals surface area contributed by atoms with Crippen molar-refractivity contribution in [1.29, 1.82) is 0 Å². The van der Waals surface area contributed by atoms with Crippen molar-refractivity contribution < 1.29 is 4.79 Å². The summed E-state index contributed by atoms with van der Waals surface area (Å²) in [6.45, 7) is 3.94. The maximum atomic E-state index is 12.1. The van der Waals surface area contributed by atoms with Gasteiger partial charge in [-0.25, -0.2) is 0 Å². The third-order valence-electron chi connectivity index (χ3n) is 4.78. The summed E-state index contributed by atoms with van der Waals surface area (Å²) >= 11 is 0. The molecule has 1 saturated heterocycles. The molecule has 2 rings (SSSR count). The van der Waals surface area contributed by atoms with Crippen LogP contribution >= 0.6 is 0 Å². The van der Waals surface area contributed by atoms with Crippen molar-refractivity contribution in [2.24, 2.45) is 11.7 Å². The van der Waals surface area contributed by atoms with E-state index in [4.69, 9.17) is 5.73 Å². The minimum absolute atomic E-state index is 0.151. The van der Waals surface area contributed by atoms with Gasteiger partial charge in [-0.05, 0) is 38.1 Å². The summed E-state index contributed by atoms with van der Waals surface area (Å²) < 4.78 is 0. The van der Waals surface area contributed by atoms with Crippen LogP contribution in [0.1, 0.15) is 51.9 Å². The molecule has 1 amide bonds. The maximum Gasteiger partial charge on any atom is 0.238 e. The lowest BCUT2D eigenvalue weighted by Gasteiger charge is -2.45. The number of hydrogen-bond acceptors (Lipinski definition) is 3. The molecule has 104 valence electrons. The molecule has 4 heteroatoms. The molecule has 0 radical (unpaired) electrons. The van der Waals surface area contributed by atoms with Gasteiger partial charge in [0.2, 0.25) is 5.91 Å². The number of amides is 1. The molecule has 2 fully saturated rings. The zero-order chi connectivity index (χ0) is 13.0. The molecule has 2 unspecified atom stereocenters. The Balaban J connectivity index is 2.11. The lowest BCUT2D eigenvalue weighted by Crippen LogP contribution is -2.67. The summed E-state index contributed by atoms with van der Waals surface area (Å²) in [5.74, 6) is 0.173. The first-order chi connectivity index (χ1) is 8.69. The first kappa shape index (κ1) is 13.8. The number of carbonyl (C=O) groups excluding carboxylic acids is 1. The first-order valence-electron chi connectivity index (χ1n) is 7.47. The molecule has 1 aliphatic heterocycles. The second-order valence-corrected chi connectivity index (χ2v) is 5.87. The molecule has 1 aliphatic carbocycles. The smallest absolute Gasteiger partial charge is 0.238 e. The Morgan fingerprint density at radius 1 is 1.39 bits per heavy atom. The van der Waals surface area contributed by atoms with E-state index >= 15 is 0 Å². The van der Waals surface area contributed by atoms with Crippen molar-refractivity contribution in [2.45, 2.75) is 63.5 Å². The molecule has 0 aromatic rings. The van der Waals surface area contributed by atoms with Crippen molar-refractivity contribution >= 4 is 5.91 Å². The van der Waals surface area contributed by atoms with Gasteiger partial charge in [0.1, 0.15) is 5.54 Å². The molecule has 4 N–H and O–H groups in total. The third kappa shape index (κ3) is 2.69. The highest BCUT2D eigenvalue weighted by atomic mass is 16.1. The van der Waals surface area contributed by atoms with Gasteiger partial charge in [0.25, 0.3) is 0 Å². The predicted octanol–water partition coefficient (Wildman–Crippen LogP) is 1.15. The molecule has 4 nitrogen and oxygen atoms in total. The molecule has 0 bridgehead atoms. The number of nitrogens with two attached hydrogens (primary N) is 1. The summed E-state index contributed by atoms with van der Waals surface area (Å²) in [6.07, 6.45) is 8.11. The van der Waals surface area contributed by atoms with Crippen LogP contribution in [0.3, 0.4) is 0 Å². The Morgan fingerprint density at radius 3 is 2.72 bits per heavy atom. The van der Waals surface area contributed by atoms with Gasteiger partial charge in [-0.2, -0.15) is 0 Å². The highest BCUT2D eigenvalue weighted by molar-refractivity contribution is 5.85. The summed E-state index contributed by atoms with van der Waals surface area (Å²) in [5.41, 5.74) is 5.29. The summed E-state index contributed by atoms with van der Waals surface area (Å²) in [7, 11) is 0. The summed E-state index contributed by atoms with van der Waals surface area (Å²) in [6, 6.07) is 0.485. The number of hydrogen-bond donors (Lipinski definition) is 3. The molecule has 1 saturated carbocycles. The van der Waals surface area contributed by atoms with Gasteiger partial charge in [-0.1, -0.05) is 26.2 Å². The van der Waals surface area contributed by atoms with Crippen LogP contribution in [0.15, 0.2) is 0 Å². The molecular weight excluding hydrogens is 226 g/mol. The van der Waals surface area contributed by atoms with Gasteiger partial charge < -0.3 is 16.4 Å². The SMILES string of the molecule is CCC1CNCCC1(NC1CCCCC1)C(N)=O. The fourth-order valence-electron chi connectivity index (χ4n) is 3.63. The number of rotatable bonds is 4. The Labute approximate surface area is 110 Å². The van der Waals surface area contributed by atoms with E-state index in [2.05, 4.69) is 17.6 Å². The largest absolute Gasteiger partial charge is 0.368 e. The number of piperidine rings is 1. The zero-order valence-corrected chi connectivity index (χ0v) is 11.5. The van der Waals surface area contributed by atoms with E-state index in [1.54, 1.807) is 0 Å². The Kier molecular flexibility index (Phi) is 4.62. The van der Waals surface area contributed by atoms with Crippen LogP contribution in [-0.4, -0.2) is 30.6 Å². The summed E-state index contributed by atoms with van der Waals surface area (Å²) in [4.78, 5) is 12.1. The zero-order valence-electron chi connectivity index (χ0n) is 11.5. The predicted molar refractivity (Wildman–Crippen MR) is 73.2 cm³/mol. The monoisotopic (exact) mass is 253 g/mol. The quantitative estimate of drug-likeness (QED) is 0.704. The molecule has 1 heterocycles. The first-order valence-corrected chi connectivity index (χ1v) is 7.47. The van der Waals surface area contributed by atoms with Gasteiger partial charge in [0.05, 0.1) is 0 Å². The number of primary amides is 1. The highest BCUT2D eigenvalue weighted by Gasteiger charge is 2.45. The van der Waals surface area contributed by atoms with Crippen molar-refractivity contribution in [3.05, 3.63) is 0 Å². The van der Waals surface area contributed by atoms with Crippen LogP contribution in [0, 0.1) is 5.92 Å². The fraction of sp³-hybridized carbons (Fsp3) is 0.929. The topological polar surface area (TPSA) is 67.2 Å². The maximum absolute atomic E-state index is 12.1. The molecule has 2 atom stereocenters. The Bertz CT molecular complexity index is 289. The van der Waals surface area contributed by atoms with Gasteiger partial charge in [-0.3, -0.25) is 4.79 Å². The van der Waals surface area contributed by atoms with E-state index in [0.29, 0.717) is 12.0 Å². The van der Waals surface area contributed by atoms with Crippen LogP contribution in [0.2, 0.25) is 0 Å². The fourth-order valence-corrected chi connectivity index (χ4v) is 3.63. The van der Waals surface area contributed by atoms with E-state index < -0.39 is 5.54 Å². The molecule has 0 aromatic carbocycles. The van der Waals surface area contributed by atoms with E-state index in [0.717, 1.165) is 25.9 Å². The van der Waals surface area contributed by atoms with Crippen molar-refractivity contribution in [3.8, 4) is 0 Å². The molecular formula is C14H27N3O. The molecule has 2 aliphatic rings. The van der Waals surface area contributed by atoms with Crippen molar-refractivity contribution in [1.82, 2.24) is 10.6 Å². The van der Waals surface area contributed by atoms with Crippen LogP contribution in [-0.2, 0) is 4.79 Å². The Morgan fingerprint density at radius 2 is 2.11 bits per heavy atom. The van der Waals surface area contributed by atoms with Gasteiger partial charge in [0, 0.05) is 12.6 Å². The lowest BCUT2D eigenvalue weighted by atomic mass is 9.75. The minimum Gasteiger partial charge on any atom is -0.368 e. The van der Waals surface area contributed by atoms with Gasteiger partial charge in [-0.15, -0.1) is 0 Å². The lowest BCUT2D eigenvalue weighted by molar-refractivity contribution is -0.128. The van der Waals surface area contributed by atoms with Crippen LogP contribution in [0.5, 0.6) is 0 Å². The second-order valence-electron chi connectivity index (χ2n) is 5.87. The highest BCUT2D eigenvalue weighted by Crippen LogP contribution is 2.30. The van der Waals surface area contributed by atoms with Crippen LogP contribution < -0.4 is 16.4 Å². The summed E-state index contributed by atoms with van der Waals surface area (Å²) in [5, 5.41) is 7.04. The van der Waals surface area contributed by atoms with E-state index in [1.807, 2.05) is 0 Å². The average Bonchev–Trinajstić information content (AvgIpc) is 2.40. The number of nitrogens with one attached hydrogen (secondary N) is 2. The van der Waals surface area contributed by atoms with Gasteiger partial charge in [0.15, 0.2) is 0 Å². The third-order valence-corrected chi connectivity index (χ3v) is 4.78. The van der Waals surface area contributed by atoms with E-state index in [-0.39, 0.29) is 5.91 Å². The molecule has 18 heavy (non-hydrogen) atoms. The van der Waals surface area contributed by atoms with E-state index in [1.165, 1.54) is 32.1 Å². The second kappa shape index (κ2) is 6.02. The molecule has 0 aromatic heterocycles.